The number of likely N-dealkylation sites (tertiary alicyclic amines) is 1. The van der Waals surface area contributed by atoms with E-state index in [9.17, 15) is 9.59 Å². The Hall–Kier alpha value is -1.10. The highest BCUT2D eigenvalue weighted by Crippen LogP contribution is 2.22. The average molecular weight is 253 g/mol. The summed E-state index contributed by atoms with van der Waals surface area (Å²) in [6.07, 6.45) is 3.16. The van der Waals surface area contributed by atoms with Crippen LogP contribution in [0.15, 0.2) is 0 Å². The lowest BCUT2D eigenvalue weighted by Crippen LogP contribution is -2.56. The predicted octanol–water partition coefficient (Wildman–Crippen LogP) is 0.208. The second-order valence-electron chi connectivity index (χ2n) is 5.38. The third-order valence-corrected chi connectivity index (χ3v) is 4.02. The molecule has 2 fully saturated rings. The number of nitrogens with one attached hydrogen (secondary N) is 1. The summed E-state index contributed by atoms with van der Waals surface area (Å²) in [5, 5.41) is 3.19. The quantitative estimate of drug-likeness (QED) is 0.628. The topological polar surface area (TPSA) is 52.7 Å². The van der Waals surface area contributed by atoms with Crippen LogP contribution in [-0.4, -0.2) is 59.9 Å². The van der Waals surface area contributed by atoms with Gasteiger partial charge in [0.1, 0.15) is 0 Å². The second-order valence-corrected chi connectivity index (χ2v) is 5.38. The Morgan fingerprint density at radius 3 is 2.11 bits per heavy atom. The van der Waals surface area contributed by atoms with Crippen LogP contribution >= 0.6 is 0 Å². The van der Waals surface area contributed by atoms with Crippen LogP contribution in [0.4, 0.5) is 0 Å². The van der Waals surface area contributed by atoms with Gasteiger partial charge in [0.15, 0.2) is 0 Å². The van der Waals surface area contributed by atoms with Crippen molar-refractivity contribution in [3.05, 3.63) is 0 Å². The van der Waals surface area contributed by atoms with Gasteiger partial charge < -0.3 is 15.1 Å². The van der Waals surface area contributed by atoms with Gasteiger partial charge in [0.05, 0.1) is 0 Å². The van der Waals surface area contributed by atoms with E-state index in [1.165, 1.54) is 0 Å². The highest BCUT2D eigenvalue weighted by atomic mass is 16.2. The lowest BCUT2D eigenvalue weighted by molar-refractivity contribution is -0.155. The summed E-state index contributed by atoms with van der Waals surface area (Å²) in [5.74, 6) is -0.631. The van der Waals surface area contributed by atoms with E-state index < -0.39 is 0 Å². The second kappa shape index (κ2) is 5.69. The van der Waals surface area contributed by atoms with Crippen molar-refractivity contribution in [3.8, 4) is 0 Å². The standard InChI is InChI=1S/C13H23N3O2/c1-10-4-3-5-11(2)16(10)13(18)12(17)15-8-6-14-7-9-15/h10-11,14H,3-9H2,1-2H3. The van der Waals surface area contributed by atoms with Crippen molar-refractivity contribution in [3.63, 3.8) is 0 Å². The van der Waals surface area contributed by atoms with Crippen LogP contribution in [0.5, 0.6) is 0 Å². The SMILES string of the molecule is CC1CCCC(C)N1C(=O)C(=O)N1CCNCC1. The molecule has 0 aromatic rings. The van der Waals surface area contributed by atoms with Gasteiger partial charge in [-0.15, -0.1) is 0 Å². The van der Waals surface area contributed by atoms with Crippen LogP contribution in [0.25, 0.3) is 0 Å². The fourth-order valence-corrected chi connectivity index (χ4v) is 2.94. The average Bonchev–Trinajstić information content (AvgIpc) is 2.38. The molecule has 0 saturated carbocycles. The number of nitrogens with zero attached hydrogens (tertiary/aromatic N) is 2. The summed E-state index contributed by atoms with van der Waals surface area (Å²) < 4.78 is 0. The summed E-state index contributed by atoms with van der Waals surface area (Å²) in [7, 11) is 0. The van der Waals surface area contributed by atoms with Crippen LogP contribution in [0.1, 0.15) is 33.1 Å². The largest absolute Gasteiger partial charge is 0.332 e. The predicted molar refractivity (Wildman–Crippen MR) is 69.1 cm³/mol. The maximum atomic E-state index is 12.3. The fraction of sp³-hybridized carbons (Fsp3) is 0.846. The van der Waals surface area contributed by atoms with E-state index in [2.05, 4.69) is 5.32 Å². The first-order valence-electron chi connectivity index (χ1n) is 6.93. The van der Waals surface area contributed by atoms with Crippen molar-refractivity contribution in [1.29, 1.82) is 0 Å². The molecule has 2 heterocycles. The monoisotopic (exact) mass is 253 g/mol. The van der Waals surface area contributed by atoms with E-state index in [0.717, 1.165) is 32.4 Å². The number of rotatable bonds is 0. The third-order valence-electron chi connectivity index (χ3n) is 4.02. The van der Waals surface area contributed by atoms with E-state index in [1.54, 1.807) is 9.80 Å². The Kier molecular flexibility index (Phi) is 4.22. The Balaban J connectivity index is 2.02. The summed E-state index contributed by atoms with van der Waals surface area (Å²) in [6.45, 7) is 6.92. The normalized spacial score (nSPS) is 29.2. The van der Waals surface area contributed by atoms with E-state index in [4.69, 9.17) is 0 Å². The zero-order valence-electron chi connectivity index (χ0n) is 11.3. The molecule has 102 valence electrons. The van der Waals surface area contributed by atoms with Gasteiger partial charge in [0, 0.05) is 38.3 Å². The number of amides is 2. The van der Waals surface area contributed by atoms with Gasteiger partial charge in [-0.2, -0.15) is 0 Å². The van der Waals surface area contributed by atoms with Crippen LogP contribution < -0.4 is 5.32 Å². The zero-order chi connectivity index (χ0) is 13.1. The molecule has 0 radical (unpaired) electrons. The van der Waals surface area contributed by atoms with Crippen molar-refractivity contribution in [1.82, 2.24) is 15.1 Å². The van der Waals surface area contributed by atoms with Gasteiger partial charge in [0.25, 0.3) is 0 Å². The Labute approximate surface area is 108 Å². The lowest BCUT2D eigenvalue weighted by Gasteiger charge is -2.39. The minimum atomic E-state index is -0.322. The van der Waals surface area contributed by atoms with Crippen molar-refractivity contribution in [2.24, 2.45) is 0 Å². The molecule has 18 heavy (non-hydrogen) atoms. The molecule has 5 nitrogen and oxygen atoms in total. The number of hydrogen-bond acceptors (Lipinski definition) is 3. The molecule has 0 spiro atoms. The Bertz CT molecular complexity index is 316. The molecule has 2 aliphatic rings. The van der Waals surface area contributed by atoms with Crippen molar-refractivity contribution in [2.75, 3.05) is 26.2 Å². The molecule has 0 bridgehead atoms. The van der Waals surface area contributed by atoms with Crippen LogP contribution in [0.3, 0.4) is 0 Å². The highest BCUT2D eigenvalue weighted by Gasteiger charge is 2.35. The molecule has 1 N–H and O–H groups in total. The number of carbonyl (C=O) groups excluding carboxylic acids is 2. The van der Waals surface area contributed by atoms with Gasteiger partial charge in [0.2, 0.25) is 0 Å². The molecule has 5 heteroatoms. The number of piperidine rings is 1. The van der Waals surface area contributed by atoms with Crippen LogP contribution in [0, 0.1) is 0 Å². The first kappa shape index (κ1) is 13.3. The van der Waals surface area contributed by atoms with Gasteiger partial charge in [-0.05, 0) is 33.1 Å². The van der Waals surface area contributed by atoms with Crippen molar-refractivity contribution in [2.45, 2.75) is 45.2 Å². The molecule has 0 aliphatic carbocycles. The summed E-state index contributed by atoms with van der Waals surface area (Å²) in [6, 6.07) is 0.376. The van der Waals surface area contributed by atoms with Crippen molar-refractivity contribution < 1.29 is 9.59 Å². The van der Waals surface area contributed by atoms with Gasteiger partial charge in [-0.25, -0.2) is 0 Å². The van der Waals surface area contributed by atoms with E-state index in [1.807, 2.05) is 13.8 Å². The molecule has 2 aliphatic heterocycles. The molecule has 0 aromatic carbocycles. The Morgan fingerprint density at radius 2 is 1.56 bits per heavy atom. The molecular weight excluding hydrogens is 230 g/mol. The smallest absolute Gasteiger partial charge is 0.312 e. The third kappa shape index (κ3) is 2.66. The van der Waals surface area contributed by atoms with Gasteiger partial charge >= 0.3 is 11.8 Å². The van der Waals surface area contributed by atoms with E-state index in [0.29, 0.717) is 13.1 Å². The summed E-state index contributed by atoms with van der Waals surface area (Å²) in [5.41, 5.74) is 0. The number of hydrogen-bond donors (Lipinski definition) is 1. The molecule has 2 unspecified atom stereocenters. The lowest BCUT2D eigenvalue weighted by atomic mass is 9.97. The minimum Gasteiger partial charge on any atom is -0.332 e. The minimum absolute atomic E-state index is 0.188. The zero-order valence-corrected chi connectivity index (χ0v) is 11.3. The van der Waals surface area contributed by atoms with E-state index >= 15 is 0 Å². The fourth-order valence-electron chi connectivity index (χ4n) is 2.94. The summed E-state index contributed by atoms with van der Waals surface area (Å²) >= 11 is 0. The van der Waals surface area contributed by atoms with Gasteiger partial charge in [-0.1, -0.05) is 0 Å². The molecule has 2 saturated heterocycles. The maximum absolute atomic E-state index is 12.3. The van der Waals surface area contributed by atoms with Crippen molar-refractivity contribution >= 4 is 11.8 Å². The number of carbonyl (C=O) groups is 2. The van der Waals surface area contributed by atoms with Crippen LogP contribution in [-0.2, 0) is 9.59 Å². The Morgan fingerprint density at radius 1 is 1.00 bits per heavy atom. The first-order chi connectivity index (χ1) is 8.61. The number of piperazine rings is 1. The highest BCUT2D eigenvalue weighted by molar-refractivity contribution is 6.35. The molecule has 2 amide bonds. The molecule has 0 aromatic heterocycles. The van der Waals surface area contributed by atoms with Crippen LogP contribution in [0.2, 0.25) is 0 Å². The van der Waals surface area contributed by atoms with E-state index in [-0.39, 0.29) is 23.9 Å². The molecule has 2 atom stereocenters. The first-order valence-corrected chi connectivity index (χ1v) is 6.93. The van der Waals surface area contributed by atoms with Gasteiger partial charge in [-0.3, -0.25) is 9.59 Å². The maximum Gasteiger partial charge on any atom is 0.312 e. The molecular formula is C13H23N3O2. The summed E-state index contributed by atoms with van der Waals surface area (Å²) in [4.78, 5) is 28.0. The molecule has 2 rings (SSSR count).